The number of hydrogen-bond donors (Lipinski definition) is 2. The minimum Gasteiger partial charge on any atom is -0.481 e. The molecule has 1 rings (SSSR count). The number of rotatable bonds is 21. The predicted molar refractivity (Wildman–Crippen MR) is 130 cm³/mol. The number of allylic oxidation sites excluding steroid dienone is 2. The van der Waals surface area contributed by atoms with E-state index in [2.05, 4.69) is 17.1 Å². The lowest BCUT2D eigenvalue weighted by atomic mass is 10.1. The Balaban J connectivity index is 1.77. The SMILES string of the molecule is CC[N+]1(O)CCN=C1CCCCCCCC/C=C\CCCCCCCCCCC(=O)O. The number of quaternary nitrogens is 1. The van der Waals surface area contributed by atoms with Gasteiger partial charge in [-0.05, 0) is 45.4 Å². The fraction of sp³-hybridized carbons (Fsp3) is 0.846. The van der Waals surface area contributed by atoms with Gasteiger partial charge >= 0.3 is 5.97 Å². The van der Waals surface area contributed by atoms with Crippen LogP contribution in [0.5, 0.6) is 0 Å². The van der Waals surface area contributed by atoms with Crippen LogP contribution in [0, 0.1) is 0 Å². The van der Waals surface area contributed by atoms with E-state index in [1.54, 1.807) is 0 Å². The summed E-state index contributed by atoms with van der Waals surface area (Å²) in [6.07, 6.45) is 25.7. The second kappa shape index (κ2) is 18.4. The highest BCUT2D eigenvalue weighted by Gasteiger charge is 2.34. The number of carbonyl (C=O) groups is 1. The first-order chi connectivity index (χ1) is 15.1. The van der Waals surface area contributed by atoms with Gasteiger partial charge in [-0.2, -0.15) is 0 Å². The van der Waals surface area contributed by atoms with Crippen molar-refractivity contribution in [3.63, 3.8) is 0 Å². The summed E-state index contributed by atoms with van der Waals surface area (Å²) in [4.78, 5) is 14.9. The van der Waals surface area contributed by atoms with Gasteiger partial charge in [-0.25, -0.2) is 10.2 Å². The van der Waals surface area contributed by atoms with Gasteiger partial charge in [0.1, 0.15) is 13.1 Å². The maximum Gasteiger partial charge on any atom is 0.303 e. The average Bonchev–Trinajstić information content (AvgIpc) is 3.13. The van der Waals surface area contributed by atoms with Crippen LogP contribution >= 0.6 is 0 Å². The van der Waals surface area contributed by atoms with Crippen LogP contribution in [0.1, 0.15) is 122 Å². The Bertz CT molecular complexity index is 519. The largest absolute Gasteiger partial charge is 0.481 e. The molecule has 0 radical (unpaired) electrons. The molecular weight excluding hydrogens is 388 g/mol. The molecule has 0 spiro atoms. The van der Waals surface area contributed by atoms with Crippen molar-refractivity contribution in [1.82, 2.24) is 0 Å². The summed E-state index contributed by atoms with van der Waals surface area (Å²) in [7, 11) is 0. The molecule has 1 unspecified atom stereocenters. The molecule has 1 aliphatic rings. The van der Waals surface area contributed by atoms with E-state index in [9.17, 15) is 10.0 Å². The lowest BCUT2D eigenvalue weighted by Gasteiger charge is -2.23. The number of unbranched alkanes of at least 4 members (excludes halogenated alkanes) is 14. The number of aliphatic imine (C=N–C) groups is 1. The molecule has 2 N–H and O–H groups in total. The number of hydroxylamine groups is 3. The molecule has 0 saturated heterocycles. The highest BCUT2D eigenvalue weighted by Crippen LogP contribution is 2.17. The standard InChI is InChI=1S/C26H48N2O3/c1-2-28(31)24-23-27-25(28)21-19-17-15-13-11-9-7-5-3-4-6-8-10-12-14-16-18-20-22-26(29)30/h3,5,31H,2,4,6-24H2,1H3/p+1/b5-3-. The zero-order chi connectivity index (χ0) is 22.6. The second-order valence-electron chi connectivity index (χ2n) is 9.15. The Labute approximate surface area is 191 Å². The van der Waals surface area contributed by atoms with Crippen LogP contribution in [0.15, 0.2) is 17.1 Å². The van der Waals surface area contributed by atoms with Crippen molar-refractivity contribution in [2.45, 2.75) is 122 Å². The maximum absolute atomic E-state index is 10.4. The van der Waals surface area contributed by atoms with Crippen molar-refractivity contribution in [3.05, 3.63) is 12.2 Å². The van der Waals surface area contributed by atoms with Crippen molar-refractivity contribution in [1.29, 1.82) is 0 Å². The third kappa shape index (κ3) is 14.5. The molecule has 0 aromatic rings. The first-order valence-corrected chi connectivity index (χ1v) is 13.1. The molecule has 0 aromatic heterocycles. The fourth-order valence-corrected chi connectivity index (χ4v) is 4.32. The van der Waals surface area contributed by atoms with Crippen molar-refractivity contribution in [2.75, 3.05) is 19.6 Å². The lowest BCUT2D eigenvalue weighted by Crippen LogP contribution is -2.47. The van der Waals surface area contributed by atoms with Gasteiger partial charge in [-0.1, -0.05) is 76.4 Å². The smallest absolute Gasteiger partial charge is 0.303 e. The zero-order valence-corrected chi connectivity index (χ0v) is 20.2. The first kappa shape index (κ1) is 27.8. The molecule has 0 saturated carbocycles. The van der Waals surface area contributed by atoms with Crippen LogP contribution in [0.2, 0.25) is 0 Å². The Morgan fingerprint density at radius 3 is 1.84 bits per heavy atom. The molecular formula is C26H49N2O3+. The van der Waals surface area contributed by atoms with Crippen molar-refractivity contribution in [2.24, 2.45) is 4.99 Å². The van der Waals surface area contributed by atoms with E-state index < -0.39 is 5.97 Å². The number of amidine groups is 1. The van der Waals surface area contributed by atoms with Gasteiger partial charge in [0.05, 0.1) is 6.54 Å². The summed E-state index contributed by atoms with van der Waals surface area (Å²) in [5.41, 5.74) is 0. The summed E-state index contributed by atoms with van der Waals surface area (Å²) < 4.78 is 0.0858. The third-order valence-electron chi connectivity index (χ3n) is 6.47. The Kier molecular flexibility index (Phi) is 16.5. The second-order valence-corrected chi connectivity index (χ2v) is 9.15. The van der Waals surface area contributed by atoms with E-state index in [0.29, 0.717) is 6.42 Å². The average molecular weight is 438 g/mol. The number of likely N-dealkylation sites (N-methyl/N-ethyl adjacent to an activating group) is 1. The topological polar surface area (TPSA) is 69.9 Å². The molecule has 5 heteroatoms. The van der Waals surface area contributed by atoms with E-state index in [-0.39, 0.29) is 4.65 Å². The fourth-order valence-electron chi connectivity index (χ4n) is 4.32. The van der Waals surface area contributed by atoms with E-state index in [1.807, 2.05) is 6.92 Å². The number of hydrogen-bond acceptors (Lipinski definition) is 3. The minimum absolute atomic E-state index is 0.0858. The predicted octanol–water partition coefficient (Wildman–Crippen LogP) is 7.29. The molecule has 5 nitrogen and oxygen atoms in total. The van der Waals surface area contributed by atoms with E-state index >= 15 is 0 Å². The lowest BCUT2D eigenvalue weighted by molar-refractivity contribution is -1.03. The van der Waals surface area contributed by atoms with Gasteiger partial charge in [0.25, 0.3) is 0 Å². The van der Waals surface area contributed by atoms with Gasteiger partial charge in [-0.15, -0.1) is 4.65 Å². The van der Waals surface area contributed by atoms with Gasteiger partial charge in [0.15, 0.2) is 0 Å². The van der Waals surface area contributed by atoms with Gasteiger partial charge in [-0.3, -0.25) is 4.79 Å². The number of aliphatic carboxylic acids is 1. The highest BCUT2D eigenvalue weighted by molar-refractivity contribution is 5.76. The van der Waals surface area contributed by atoms with Crippen LogP contribution in [0.25, 0.3) is 0 Å². The van der Waals surface area contributed by atoms with Crippen molar-refractivity contribution in [3.8, 4) is 0 Å². The first-order valence-electron chi connectivity index (χ1n) is 13.1. The Morgan fingerprint density at radius 2 is 1.32 bits per heavy atom. The highest BCUT2D eigenvalue weighted by atomic mass is 16.5. The number of carboxylic acid groups (broad SMARTS) is 1. The van der Waals surface area contributed by atoms with Crippen LogP contribution < -0.4 is 0 Å². The zero-order valence-electron chi connectivity index (χ0n) is 20.2. The summed E-state index contributed by atoms with van der Waals surface area (Å²) in [6, 6.07) is 0. The quantitative estimate of drug-likeness (QED) is 0.112. The third-order valence-corrected chi connectivity index (χ3v) is 6.47. The molecule has 0 amide bonds. The Hall–Kier alpha value is -1.20. The van der Waals surface area contributed by atoms with Gasteiger partial charge < -0.3 is 5.11 Å². The number of carboxylic acids is 1. The van der Waals surface area contributed by atoms with Crippen LogP contribution in [0.3, 0.4) is 0 Å². The monoisotopic (exact) mass is 437 g/mol. The number of nitrogens with zero attached hydrogens (tertiary/aromatic N) is 2. The minimum atomic E-state index is -0.666. The molecule has 0 bridgehead atoms. The molecule has 0 aromatic carbocycles. The Morgan fingerprint density at radius 1 is 0.839 bits per heavy atom. The summed E-state index contributed by atoms with van der Waals surface area (Å²) in [5.74, 6) is 0.334. The molecule has 31 heavy (non-hydrogen) atoms. The molecule has 1 aliphatic heterocycles. The summed E-state index contributed by atoms with van der Waals surface area (Å²) in [5, 5.41) is 19.0. The van der Waals surface area contributed by atoms with Crippen molar-refractivity contribution < 1.29 is 19.8 Å². The normalized spacial score (nSPS) is 18.7. The van der Waals surface area contributed by atoms with Crippen LogP contribution in [0.4, 0.5) is 0 Å². The summed E-state index contributed by atoms with van der Waals surface area (Å²) >= 11 is 0. The van der Waals surface area contributed by atoms with E-state index in [1.165, 1.54) is 83.5 Å². The van der Waals surface area contributed by atoms with E-state index in [4.69, 9.17) is 5.11 Å². The van der Waals surface area contributed by atoms with E-state index in [0.717, 1.165) is 51.2 Å². The molecule has 1 atom stereocenters. The molecule has 180 valence electrons. The van der Waals surface area contributed by atoms with Crippen LogP contribution in [-0.2, 0) is 4.79 Å². The van der Waals surface area contributed by atoms with Gasteiger partial charge in [0.2, 0.25) is 5.84 Å². The molecule has 0 fully saturated rings. The molecule has 1 heterocycles. The summed E-state index contributed by atoms with van der Waals surface area (Å²) in [6.45, 7) is 4.32. The van der Waals surface area contributed by atoms with Crippen molar-refractivity contribution >= 4 is 11.8 Å². The molecule has 0 aliphatic carbocycles. The van der Waals surface area contributed by atoms with Gasteiger partial charge in [0, 0.05) is 12.8 Å². The van der Waals surface area contributed by atoms with Crippen LogP contribution in [-0.4, -0.2) is 46.4 Å². The maximum atomic E-state index is 10.4.